The van der Waals surface area contributed by atoms with Crippen LogP contribution in [0.25, 0.3) is 0 Å². The third kappa shape index (κ3) is 2.09. The van der Waals surface area contributed by atoms with Gasteiger partial charge in [-0.3, -0.25) is 4.79 Å². The van der Waals surface area contributed by atoms with Gasteiger partial charge < -0.3 is 5.32 Å². The lowest BCUT2D eigenvalue weighted by atomic mass is 10.0. The summed E-state index contributed by atoms with van der Waals surface area (Å²) in [6, 6.07) is 0. The maximum absolute atomic E-state index is 11.9. The van der Waals surface area contributed by atoms with Crippen LogP contribution in [0.5, 0.6) is 0 Å². The van der Waals surface area contributed by atoms with E-state index in [1.54, 1.807) is 6.20 Å². The molecule has 0 radical (unpaired) electrons. The third-order valence-corrected chi connectivity index (χ3v) is 5.02. The molecule has 0 aromatic carbocycles. The van der Waals surface area contributed by atoms with Crippen molar-refractivity contribution in [2.45, 2.75) is 39.2 Å². The van der Waals surface area contributed by atoms with Crippen molar-refractivity contribution in [3.05, 3.63) is 21.0 Å². The number of rotatable bonds is 5. The van der Waals surface area contributed by atoms with Crippen molar-refractivity contribution in [1.82, 2.24) is 9.78 Å². The number of aryl methyl sites for hydroxylation is 1. The molecule has 0 aliphatic heterocycles. The second-order valence-electron chi connectivity index (χ2n) is 5.48. The highest BCUT2D eigenvalue weighted by Gasteiger charge is 2.53. The average molecular weight is 312 g/mol. The summed E-state index contributed by atoms with van der Waals surface area (Å²) in [5, 5.41) is 7.56. The zero-order valence-electron chi connectivity index (χ0n) is 10.6. The molecule has 0 atom stereocenters. The van der Waals surface area contributed by atoms with E-state index in [2.05, 4.69) is 26.3 Å². The summed E-state index contributed by atoms with van der Waals surface area (Å²) in [6.45, 7) is 3.50. The maximum atomic E-state index is 11.9. The first-order valence-corrected chi connectivity index (χ1v) is 7.45. The fourth-order valence-corrected chi connectivity index (χ4v) is 3.12. The van der Waals surface area contributed by atoms with E-state index in [4.69, 9.17) is 0 Å². The van der Waals surface area contributed by atoms with Crippen molar-refractivity contribution < 1.29 is 0 Å². The van der Waals surface area contributed by atoms with Crippen LogP contribution in [0.15, 0.2) is 15.5 Å². The molecule has 5 heteroatoms. The van der Waals surface area contributed by atoms with Crippen molar-refractivity contribution in [1.29, 1.82) is 0 Å². The molecular formula is C13H18BrN3O. The Bertz CT molecular complexity index is 517. The van der Waals surface area contributed by atoms with Crippen LogP contribution in [0.3, 0.4) is 0 Å². The van der Waals surface area contributed by atoms with E-state index in [0.717, 1.165) is 18.2 Å². The first-order chi connectivity index (χ1) is 8.66. The number of nitrogens with one attached hydrogen (secondary N) is 1. The minimum atomic E-state index is -0.0567. The van der Waals surface area contributed by atoms with Crippen molar-refractivity contribution in [3.8, 4) is 0 Å². The Kier molecular flexibility index (Phi) is 2.96. The van der Waals surface area contributed by atoms with Crippen LogP contribution in [-0.2, 0) is 6.54 Å². The van der Waals surface area contributed by atoms with Gasteiger partial charge in [-0.25, -0.2) is 4.68 Å². The highest BCUT2D eigenvalue weighted by Crippen LogP contribution is 2.61. The molecule has 0 bridgehead atoms. The largest absolute Gasteiger partial charge is 0.382 e. The first-order valence-electron chi connectivity index (χ1n) is 6.66. The normalized spacial score (nSPS) is 20.8. The van der Waals surface area contributed by atoms with Gasteiger partial charge in [0.2, 0.25) is 0 Å². The van der Waals surface area contributed by atoms with Gasteiger partial charge in [0.15, 0.2) is 0 Å². The van der Waals surface area contributed by atoms with E-state index < -0.39 is 0 Å². The molecule has 0 saturated heterocycles. The molecule has 2 fully saturated rings. The van der Waals surface area contributed by atoms with Crippen LogP contribution in [0.2, 0.25) is 0 Å². The van der Waals surface area contributed by atoms with E-state index in [9.17, 15) is 4.79 Å². The maximum Gasteiger partial charge on any atom is 0.283 e. The molecule has 4 nitrogen and oxygen atoms in total. The Labute approximate surface area is 115 Å². The van der Waals surface area contributed by atoms with Crippen molar-refractivity contribution in [2.75, 3.05) is 11.9 Å². The molecule has 2 aliphatic rings. The smallest absolute Gasteiger partial charge is 0.283 e. The van der Waals surface area contributed by atoms with Crippen LogP contribution >= 0.6 is 15.9 Å². The molecule has 0 amide bonds. The number of aromatic nitrogens is 2. The van der Waals surface area contributed by atoms with E-state index in [-0.39, 0.29) is 5.56 Å². The summed E-state index contributed by atoms with van der Waals surface area (Å²) in [5.74, 6) is 0.924. The van der Waals surface area contributed by atoms with E-state index in [0.29, 0.717) is 16.4 Å². The summed E-state index contributed by atoms with van der Waals surface area (Å²) in [4.78, 5) is 11.9. The first kappa shape index (κ1) is 12.2. The van der Waals surface area contributed by atoms with Gasteiger partial charge in [-0.05, 0) is 59.9 Å². The summed E-state index contributed by atoms with van der Waals surface area (Å²) in [5.41, 5.74) is 1.30. The minimum Gasteiger partial charge on any atom is -0.382 e. The second kappa shape index (κ2) is 4.37. The van der Waals surface area contributed by atoms with Gasteiger partial charge >= 0.3 is 0 Å². The quantitative estimate of drug-likeness (QED) is 0.909. The van der Waals surface area contributed by atoms with Crippen molar-refractivity contribution in [3.63, 3.8) is 0 Å². The lowest BCUT2D eigenvalue weighted by Gasteiger charge is -2.16. The van der Waals surface area contributed by atoms with Crippen molar-refractivity contribution in [2.24, 2.45) is 11.3 Å². The zero-order chi connectivity index (χ0) is 12.8. The Balaban J connectivity index is 1.73. The third-order valence-electron chi connectivity index (χ3n) is 4.25. The van der Waals surface area contributed by atoms with Crippen LogP contribution in [0, 0.1) is 11.3 Å². The van der Waals surface area contributed by atoms with Gasteiger partial charge in [0.1, 0.15) is 4.47 Å². The number of hydrogen-bond acceptors (Lipinski definition) is 3. The monoisotopic (exact) mass is 311 g/mol. The van der Waals surface area contributed by atoms with E-state index in [1.807, 2.05) is 6.92 Å². The number of hydrogen-bond donors (Lipinski definition) is 1. The second-order valence-corrected chi connectivity index (χ2v) is 6.28. The van der Waals surface area contributed by atoms with Gasteiger partial charge in [0.05, 0.1) is 11.9 Å². The molecule has 1 aromatic heterocycles. The summed E-state index contributed by atoms with van der Waals surface area (Å²) in [6.07, 6.45) is 7.19. The summed E-state index contributed by atoms with van der Waals surface area (Å²) in [7, 11) is 0. The van der Waals surface area contributed by atoms with Crippen LogP contribution in [-0.4, -0.2) is 16.3 Å². The molecule has 1 heterocycles. The number of halogens is 1. The van der Waals surface area contributed by atoms with Crippen LogP contribution < -0.4 is 10.9 Å². The fourth-order valence-electron chi connectivity index (χ4n) is 2.67. The standard InChI is InChI=1S/C13H18BrN3O/c1-2-17-12(18)11(14)10(7-16-17)15-8-13(5-6-13)9-3-4-9/h7,9,15H,2-6,8H2,1H3. The average Bonchev–Trinajstić information content (AvgIpc) is 3.24. The number of anilines is 1. The molecule has 18 heavy (non-hydrogen) atoms. The highest BCUT2D eigenvalue weighted by atomic mass is 79.9. The fraction of sp³-hybridized carbons (Fsp3) is 0.692. The molecule has 1 aromatic rings. The van der Waals surface area contributed by atoms with Crippen LogP contribution in [0.4, 0.5) is 5.69 Å². The Morgan fingerprint density at radius 1 is 1.56 bits per heavy atom. The minimum absolute atomic E-state index is 0.0567. The Morgan fingerprint density at radius 3 is 2.83 bits per heavy atom. The molecule has 0 spiro atoms. The highest BCUT2D eigenvalue weighted by molar-refractivity contribution is 9.10. The van der Waals surface area contributed by atoms with E-state index in [1.165, 1.54) is 30.4 Å². The molecule has 0 unspecified atom stereocenters. The van der Waals surface area contributed by atoms with Gasteiger partial charge in [0.25, 0.3) is 5.56 Å². The molecule has 3 rings (SSSR count). The number of nitrogens with zero attached hydrogens (tertiary/aromatic N) is 2. The summed E-state index contributed by atoms with van der Waals surface area (Å²) >= 11 is 3.38. The van der Waals surface area contributed by atoms with Crippen LogP contribution in [0.1, 0.15) is 32.6 Å². The predicted molar refractivity (Wildman–Crippen MR) is 74.8 cm³/mol. The zero-order valence-corrected chi connectivity index (χ0v) is 12.2. The lowest BCUT2D eigenvalue weighted by Crippen LogP contribution is -2.25. The van der Waals surface area contributed by atoms with Gasteiger partial charge in [-0.15, -0.1) is 0 Å². The van der Waals surface area contributed by atoms with E-state index >= 15 is 0 Å². The topological polar surface area (TPSA) is 46.9 Å². The Morgan fingerprint density at radius 2 is 2.28 bits per heavy atom. The molecule has 1 N–H and O–H groups in total. The lowest BCUT2D eigenvalue weighted by molar-refractivity contribution is 0.466. The SMILES string of the molecule is CCn1ncc(NCC2(C3CC3)CC2)c(Br)c1=O. The van der Waals surface area contributed by atoms with Gasteiger partial charge in [-0.1, -0.05) is 0 Å². The predicted octanol–water partition coefficient (Wildman–Crippen LogP) is 2.63. The molecule has 98 valence electrons. The molecule has 2 aliphatic carbocycles. The molecule has 2 saturated carbocycles. The van der Waals surface area contributed by atoms with Gasteiger partial charge in [0, 0.05) is 13.1 Å². The molecular weight excluding hydrogens is 294 g/mol. The van der Waals surface area contributed by atoms with Crippen molar-refractivity contribution >= 4 is 21.6 Å². The Hall–Kier alpha value is -0.840. The van der Waals surface area contributed by atoms with Gasteiger partial charge in [-0.2, -0.15) is 5.10 Å². The summed E-state index contributed by atoms with van der Waals surface area (Å²) < 4.78 is 2.06.